The van der Waals surface area contributed by atoms with E-state index < -0.39 is 30.0 Å². The van der Waals surface area contributed by atoms with Crippen molar-refractivity contribution >= 4 is 11.6 Å². The maximum absolute atomic E-state index is 13.4. The number of aromatic nitrogens is 1. The first kappa shape index (κ1) is 15.8. The summed E-state index contributed by atoms with van der Waals surface area (Å²) in [5.41, 5.74) is -1.49. The molecule has 0 saturated heterocycles. The third kappa shape index (κ3) is 2.75. The Bertz CT molecular complexity index is 633. The van der Waals surface area contributed by atoms with Crippen LogP contribution in [0.4, 0.5) is 22.0 Å². The van der Waals surface area contributed by atoms with Gasteiger partial charge in [-0.2, -0.15) is 22.0 Å². The van der Waals surface area contributed by atoms with Gasteiger partial charge in [-0.15, -0.1) is 0 Å². The number of alkyl halides is 5. The molecule has 2 aromatic rings. The fourth-order valence-corrected chi connectivity index (χ4v) is 2.03. The smallest absolute Gasteiger partial charge is 0.390 e. The van der Waals surface area contributed by atoms with E-state index in [1.54, 1.807) is 0 Å². The Hall–Kier alpha value is -1.60. The second-order valence-electron chi connectivity index (χ2n) is 4.25. The van der Waals surface area contributed by atoms with Gasteiger partial charge < -0.3 is 9.67 Å². The Morgan fingerprint density at radius 1 is 1.00 bits per heavy atom. The fourth-order valence-electron chi connectivity index (χ4n) is 1.91. The van der Waals surface area contributed by atoms with E-state index in [1.165, 1.54) is 24.3 Å². The van der Waals surface area contributed by atoms with Gasteiger partial charge in [0.2, 0.25) is 0 Å². The lowest BCUT2D eigenvalue weighted by molar-refractivity contribution is -0.289. The summed E-state index contributed by atoms with van der Waals surface area (Å²) in [5, 5.41) is 9.57. The van der Waals surface area contributed by atoms with E-state index in [-0.39, 0.29) is 0 Å². The molecule has 1 aromatic carbocycles. The molecule has 0 unspecified atom stereocenters. The lowest BCUT2D eigenvalue weighted by atomic mass is 10.1. The molecule has 1 heterocycles. The Labute approximate surface area is 121 Å². The van der Waals surface area contributed by atoms with E-state index in [9.17, 15) is 27.1 Å². The first-order valence-corrected chi connectivity index (χ1v) is 6.08. The van der Waals surface area contributed by atoms with Crippen LogP contribution in [-0.2, 0) is 12.5 Å². The summed E-state index contributed by atoms with van der Waals surface area (Å²) in [7, 11) is 0. The Morgan fingerprint density at radius 2 is 1.57 bits per heavy atom. The molecule has 0 aliphatic rings. The summed E-state index contributed by atoms with van der Waals surface area (Å²) in [6.45, 7) is -0.962. The van der Waals surface area contributed by atoms with Crippen molar-refractivity contribution in [2.24, 2.45) is 0 Å². The molecule has 0 aliphatic heterocycles. The van der Waals surface area contributed by atoms with Gasteiger partial charge in [0.05, 0.1) is 17.9 Å². The molecule has 21 heavy (non-hydrogen) atoms. The molecule has 0 aliphatic carbocycles. The van der Waals surface area contributed by atoms with Crippen LogP contribution in [0.1, 0.15) is 11.3 Å². The third-order valence-electron chi connectivity index (χ3n) is 2.94. The number of rotatable bonds is 3. The summed E-state index contributed by atoms with van der Waals surface area (Å²) in [6.07, 6.45) is -4.69. The van der Waals surface area contributed by atoms with Gasteiger partial charge in [-0.1, -0.05) is 11.6 Å². The summed E-state index contributed by atoms with van der Waals surface area (Å²) in [6, 6.07) is 6.45. The zero-order valence-corrected chi connectivity index (χ0v) is 11.1. The molecule has 1 N–H and O–H groups in total. The first-order chi connectivity index (χ1) is 9.68. The first-order valence-electron chi connectivity index (χ1n) is 5.70. The van der Waals surface area contributed by atoms with Crippen molar-refractivity contribution in [3.8, 4) is 5.69 Å². The van der Waals surface area contributed by atoms with E-state index >= 15 is 0 Å². The molecule has 114 valence electrons. The van der Waals surface area contributed by atoms with Crippen molar-refractivity contribution in [1.82, 2.24) is 4.57 Å². The van der Waals surface area contributed by atoms with Crippen LogP contribution in [0, 0.1) is 0 Å². The van der Waals surface area contributed by atoms with Crippen LogP contribution in [0.2, 0.25) is 5.02 Å². The Balaban J connectivity index is 2.56. The normalized spacial score (nSPS) is 12.7. The molecule has 0 radical (unpaired) electrons. The molecule has 1 aromatic heterocycles. The minimum Gasteiger partial charge on any atom is -0.390 e. The zero-order chi connectivity index (χ0) is 15.8. The SMILES string of the molecule is OCc1c(C(F)(F)C(F)(F)F)ccn1-c1ccc(Cl)cc1. The largest absolute Gasteiger partial charge is 0.458 e. The second kappa shape index (κ2) is 5.31. The summed E-state index contributed by atoms with van der Waals surface area (Å²) in [5.74, 6) is -5.04. The van der Waals surface area contributed by atoms with E-state index in [4.69, 9.17) is 11.6 Å². The molecule has 0 spiro atoms. The van der Waals surface area contributed by atoms with Crippen molar-refractivity contribution in [2.45, 2.75) is 18.7 Å². The van der Waals surface area contributed by atoms with E-state index in [0.29, 0.717) is 16.8 Å². The maximum Gasteiger partial charge on any atom is 0.458 e. The minimum atomic E-state index is -5.73. The van der Waals surface area contributed by atoms with E-state index in [2.05, 4.69) is 0 Å². The monoisotopic (exact) mass is 325 g/mol. The standard InChI is InChI=1S/C13H9ClF5NO/c14-8-1-3-9(4-2-8)20-6-5-10(11(20)7-21)12(15,16)13(17,18)19/h1-6,21H,7H2. The van der Waals surface area contributed by atoms with Gasteiger partial charge in [-0.25, -0.2) is 0 Å². The van der Waals surface area contributed by atoms with Gasteiger partial charge in [0.25, 0.3) is 0 Å². The highest BCUT2D eigenvalue weighted by molar-refractivity contribution is 6.30. The molecule has 0 amide bonds. The average molecular weight is 326 g/mol. The molecule has 2 nitrogen and oxygen atoms in total. The molecule has 0 bridgehead atoms. The molecule has 2 rings (SSSR count). The number of aliphatic hydroxyl groups excluding tert-OH is 1. The van der Waals surface area contributed by atoms with E-state index in [1.807, 2.05) is 0 Å². The van der Waals surface area contributed by atoms with Crippen LogP contribution in [-0.4, -0.2) is 15.8 Å². The van der Waals surface area contributed by atoms with Crippen molar-refractivity contribution in [3.63, 3.8) is 0 Å². The number of halogens is 6. The van der Waals surface area contributed by atoms with Crippen LogP contribution < -0.4 is 0 Å². The summed E-state index contributed by atoms with van der Waals surface area (Å²) >= 11 is 5.68. The van der Waals surface area contributed by atoms with Gasteiger partial charge in [0, 0.05) is 16.9 Å². The maximum atomic E-state index is 13.4. The van der Waals surface area contributed by atoms with Crippen LogP contribution in [0.3, 0.4) is 0 Å². The molecule has 0 atom stereocenters. The summed E-state index contributed by atoms with van der Waals surface area (Å²) < 4.78 is 65.3. The third-order valence-corrected chi connectivity index (χ3v) is 3.19. The van der Waals surface area contributed by atoms with Gasteiger partial charge in [0.15, 0.2) is 0 Å². The summed E-state index contributed by atoms with van der Waals surface area (Å²) in [4.78, 5) is 0. The van der Waals surface area contributed by atoms with Crippen LogP contribution in [0.25, 0.3) is 5.69 Å². The molecule has 0 fully saturated rings. The van der Waals surface area contributed by atoms with Gasteiger partial charge >= 0.3 is 12.1 Å². The number of hydrogen-bond donors (Lipinski definition) is 1. The number of hydrogen-bond acceptors (Lipinski definition) is 1. The van der Waals surface area contributed by atoms with Crippen molar-refractivity contribution in [2.75, 3.05) is 0 Å². The van der Waals surface area contributed by atoms with Gasteiger partial charge in [-0.3, -0.25) is 0 Å². The molecule has 0 saturated carbocycles. The fraction of sp³-hybridized carbons (Fsp3) is 0.231. The molecular formula is C13H9ClF5NO. The topological polar surface area (TPSA) is 25.2 Å². The highest BCUT2D eigenvalue weighted by Crippen LogP contribution is 2.45. The van der Waals surface area contributed by atoms with Crippen molar-refractivity contribution in [1.29, 1.82) is 0 Å². The lowest BCUT2D eigenvalue weighted by Gasteiger charge is -2.20. The van der Waals surface area contributed by atoms with Gasteiger partial charge in [0.1, 0.15) is 0 Å². The van der Waals surface area contributed by atoms with Crippen molar-refractivity contribution < 1.29 is 27.1 Å². The predicted molar refractivity (Wildman–Crippen MR) is 66.7 cm³/mol. The number of aliphatic hydroxyl groups is 1. The number of benzene rings is 1. The predicted octanol–water partition coefficient (Wildman–Crippen LogP) is 4.28. The highest BCUT2D eigenvalue weighted by Gasteiger charge is 2.60. The highest BCUT2D eigenvalue weighted by atomic mass is 35.5. The minimum absolute atomic E-state index is 0.313. The number of nitrogens with zero attached hydrogens (tertiary/aromatic N) is 1. The van der Waals surface area contributed by atoms with Gasteiger partial charge in [-0.05, 0) is 30.3 Å². The molecular weight excluding hydrogens is 317 g/mol. The lowest BCUT2D eigenvalue weighted by Crippen LogP contribution is -2.34. The molecule has 8 heteroatoms. The van der Waals surface area contributed by atoms with E-state index in [0.717, 1.165) is 10.8 Å². The second-order valence-corrected chi connectivity index (χ2v) is 4.69. The average Bonchev–Trinajstić information content (AvgIpc) is 2.82. The quantitative estimate of drug-likeness (QED) is 0.837. The van der Waals surface area contributed by atoms with Crippen molar-refractivity contribution in [3.05, 3.63) is 52.8 Å². The Kier molecular flexibility index (Phi) is 3.99. The van der Waals surface area contributed by atoms with Crippen LogP contribution in [0.15, 0.2) is 36.5 Å². The Morgan fingerprint density at radius 3 is 2.05 bits per heavy atom. The zero-order valence-electron chi connectivity index (χ0n) is 10.3. The van der Waals surface area contributed by atoms with Crippen LogP contribution in [0.5, 0.6) is 0 Å². The van der Waals surface area contributed by atoms with Crippen LogP contribution >= 0.6 is 11.6 Å².